The van der Waals surface area contributed by atoms with Crippen LogP contribution >= 0.6 is 0 Å². The van der Waals surface area contributed by atoms with Crippen LogP contribution in [0.4, 0.5) is 0 Å². The van der Waals surface area contributed by atoms with Crippen LogP contribution in [0.15, 0.2) is 0 Å². The van der Waals surface area contributed by atoms with E-state index in [0.29, 0.717) is 6.04 Å². The van der Waals surface area contributed by atoms with Gasteiger partial charge in [0, 0.05) is 12.6 Å². The minimum absolute atomic E-state index is 0.138. The van der Waals surface area contributed by atoms with Crippen molar-refractivity contribution in [2.24, 2.45) is 5.92 Å². The van der Waals surface area contributed by atoms with Gasteiger partial charge in [-0.05, 0) is 39.8 Å². The Kier molecular flexibility index (Phi) is 5.05. The van der Waals surface area contributed by atoms with Gasteiger partial charge >= 0.3 is 5.97 Å². The second-order valence-corrected chi connectivity index (χ2v) is 4.16. The van der Waals surface area contributed by atoms with E-state index in [0.717, 1.165) is 39.1 Å². The molecule has 4 heteroatoms. The third kappa shape index (κ3) is 3.80. The van der Waals surface area contributed by atoms with E-state index in [4.69, 9.17) is 9.84 Å². The molecule has 0 spiro atoms. The van der Waals surface area contributed by atoms with Gasteiger partial charge in [-0.25, -0.2) is 0 Å². The maximum Gasteiger partial charge on any atom is 0.306 e. The molecule has 0 amide bonds. The Bertz CT molecular complexity index is 200. The minimum atomic E-state index is -0.646. The van der Waals surface area contributed by atoms with Crippen LogP contribution in [-0.2, 0) is 9.53 Å². The lowest BCUT2D eigenvalue weighted by molar-refractivity contribution is -0.143. The predicted molar refractivity (Wildman–Crippen MR) is 57.9 cm³/mol. The van der Waals surface area contributed by atoms with E-state index < -0.39 is 5.97 Å². The van der Waals surface area contributed by atoms with E-state index >= 15 is 0 Å². The Morgan fingerprint density at radius 3 is 2.60 bits per heavy atom. The first-order chi connectivity index (χ1) is 7.15. The molecular weight excluding hydrogens is 194 g/mol. The van der Waals surface area contributed by atoms with Crippen LogP contribution < -0.4 is 0 Å². The standard InChI is InChI=1S/C11H21NO3/c1-3-15-8-9(2)12-6-4-10(5-7-12)11(13)14/h9-10H,3-8H2,1-2H3,(H,13,14). The number of rotatable bonds is 5. The molecule has 1 rings (SSSR count). The minimum Gasteiger partial charge on any atom is -0.481 e. The van der Waals surface area contributed by atoms with E-state index in [-0.39, 0.29) is 5.92 Å². The SMILES string of the molecule is CCOCC(C)N1CCC(C(=O)O)CC1. The molecule has 0 saturated carbocycles. The van der Waals surface area contributed by atoms with Gasteiger partial charge in [0.2, 0.25) is 0 Å². The maximum absolute atomic E-state index is 10.8. The monoisotopic (exact) mass is 215 g/mol. The van der Waals surface area contributed by atoms with Crippen LogP contribution in [0.2, 0.25) is 0 Å². The first-order valence-electron chi connectivity index (χ1n) is 5.69. The van der Waals surface area contributed by atoms with Crippen molar-refractivity contribution in [2.75, 3.05) is 26.3 Å². The second-order valence-electron chi connectivity index (χ2n) is 4.16. The molecule has 1 fully saturated rings. The number of aliphatic carboxylic acids is 1. The Balaban J connectivity index is 2.27. The molecule has 15 heavy (non-hydrogen) atoms. The molecule has 0 aliphatic carbocycles. The quantitative estimate of drug-likeness (QED) is 0.749. The summed E-state index contributed by atoms with van der Waals surface area (Å²) in [6, 6.07) is 0.402. The lowest BCUT2D eigenvalue weighted by Crippen LogP contribution is -2.43. The fraction of sp³-hybridized carbons (Fsp3) is 0.909. The van der Waals surface area contributed by atoms with E-state index in [2.05, 4.69) is 11.8 Å². The van der Waals surface area contributed by atoms with Gasteiger partial charge in [-0.15, -0.1) is 0 Å². The van der Waals surface area contributed by atoms with Crippen LogP contribution in [-0.4, -0.2) is 48.3 Å². The highest BCUT2D eigenvalue weighted by Crippen LogP contribution is 2.19. The van der Waals surface area contributed by atoms with Gasteiger partial charge in [-0.2, -0.15) is 0 Å². The van der Waals surface area contributed by atoms with Crippen molar-refractivity contribution in [3.8, 4) is 0 Å². The summed E-state index contributed by atoms with van der Waals surface area (Å²) in [7, 11) is 0. The highest BCUT2D eigenvalue weighted by molar-refractivity contribution is 5.70. The third-order valence-electron chi connectivity index (χ3n) is 3.07. The van der Waals surface area contributed by atoms with Gasteiger partial charge in [0.05, 0.1) is 12.5 Å². The van der Waals surface area contributed by atoms with Crippen molar-refractivity contribution in [1.29, 1.82) is 0 Å². The molecule has 0 aromatic carbocycles. The molecule has 1 aliphatic rings. The molecular formula is C11H21NO3. The zero-order valence-electron chi connectivity index (χ0n) is 9.61. The average molecular weight is 215 g/mol. The fourth-order valence-electron chi connectivity index (χ4n) is 1.98. The van der Waals surface area contributed by atoms with Gasteiger partial charge in [0.1, 0.15) is 0 Å². The molecule has 0 radical (unpaired) electrons. The molecule has 4 nitrogen and oxygen atoms in total. The summed E-state index contributed by atoms with van der Waals surface area (Å²) in [4.78, 5) is 13.1. The summed E-state index contributed by atoms with van der Waals surface area (Å²) in [6.07, 6.45) is 1.54. The number of hydrogen-bond acceptors (Lipinski definition) is 3. The Morgan fingerprint density at radius 2 is 2.13 bits per heavy atom. The van der Waals surface area contributed by atoms with Crippen molar-refractivity contribution < 1.29 is 14.6 Å². The summed E-state index contributed by atoms with van der Waals surface area (Å²) >= 11 is 0. The van der Waals surface area contributed by atoms with Crippen molar-refractivity contribution in [1.82, 2.24) is 4.90 Å². The van der Waals surface area contributed by atoms with Crippen LogP contribution in [0, 0.1) is 5.92 Å². The van der Waals surface area contributed by atoms with Crippen molar-refractivity contribution >= 4 is 5.97 Å². The lowest BCUT2D eigenvalue weighted by atomic mass is 9.96. The molecule has 1 saturated heterocycles. The number of carboxylic acid groups (broad SMARTS) is 1. The normalized spacial score (nSPS) is 21.5. The molecule has 88 valence electrons. The van der Waals surface area contributed by atoms with Gasteiger partial charge < -0.3 is 9.84 Å². The third-order valence-corrected chi connectivity index (χ3v) is 3.07. The molecule has 0 aromatic heterocycles. The van der Waals surface area contributed by atoms with Gasteiger partial charge in [-0.3, -0.25) is 9.69 Å². The first kappa shape index (κ1) is 12.5. The zero-order chi connectivity index (χ0) is 11.3. The van der Waals surface area contributed by atoms with Gasteiger partial charge in [0.15, 0.2) is 0 Å². The van der Waals surface area contributed by atoms with Crippen LogP contribution in [0.5, 0.6) is 0 Å². The Hall–Kier alpha value is -0.610. The number of carbonyl (C=O) groups is 1. The largest absolute Gasteiger partial charge is 0.481 e. The second kappa shape index (κ2) is 6.08. The van der Waals surface area contributed by atoms with Crippen LogP contribution in [0.3, 0.4) is 0 Å². The smallest absolute Gasteiger partial charge is 0.306 e. The van der Waals surface area contributed by atoms with E-state index in [9.17, 15) is 4.79 Å². The van der Waals surface area contributed by atoms with Crippen LogP contribution in [0.25, 0.3) is 0 Å². The number of ether oxygens (including phenoxy) is 1. The molecule has 0 bridgehead atoms. The summed E-state index contributed by atoms with van der Waals surface area (Å²) < 4.78 is 5.36. The zero-order valence-corrected chi connectivity index (χ0v) is 9.61. The van der Waals surface area contributed by atoms with Gasteiger partial charge in [0.25, 0.3) is 0 Å². The topological polar surface area (TPSA) is 49.8 Å². The number of hydrogen-bond donors (Lipinski definition) is 1. The Morgan fingerprint density at radius 1 is 1.53 bits per heavy atom. The molecule has 1 heterocycles. The molecule has 1 N–H and O–H groups in total. The van der Waals surface area contributed by atoms with Crippen LogP contribution in [0.1, 0.15) is 26.7 Å². The lowest BCUT2D eigenvalue weighted by Gasteiger charge is -2.34. The number of nitrogens with zero attached hydrogens (tertiary/aromatic N) is 1. The summed E-state index contributed by atoms with van der Waals surface area (Å²) in [5.41, 5.74) is 0. The summed E-state index contributed by atoms with van der Waals surface area (Å²) in [6.45, 7) is 7.38. The molecule has 0 aromatic rings. The molecule has 1 unspecified atom stereocenters. The number of piperidine rings is 1. The summed E-state index contributed by atoms with van der Waals surface area (Å²) in [5, 5.41) is 8.86. The van der Waals surface area contributed by atoms with E-state index in [1.165, 1.54) is 0 Å². The highest BCUT2D eigenvalue weighted by Gasteiger charge is 2.26. The first-order valence-corrected chi connectivity index (χ1v) is 5.69. The maximum atomic E-state index is 10.8. The van der Waals surface area contributed by atoms with Crippen molar-refractivity contribution in [3.05, 3.63) is 0 Å². The Labute approximate surface area is 91.2 Å². The van der Waals surface area contributed by atoms with Crippen molar-refractivity contribution in [3.63, 3.8) is 0 Å². The van der Waals surface area contributed by atoms with E-state index in [1.807, 2.05) is 6.92 Å². The predicted octanol–water partition coefficient (Wildman–Crippen LogP) is 1.21. The van der Waals surface area contributed by atoms with E-state index in [1.54, 1.807) is 0 Å². The summed E-state index contributed by atoms with van der Waals surface area (Å²) in [5.74, 6) is -0.785. The average Bonchev–Trinajstić information content (AvgIpc) is 2.26. The molecule has 1 aliphatic heterocycles. The number of carboxylic acids is 1. The molecule has 1 atom stereocenters. The highest BCUT2D eigenvalue weighted by atomic mass is 16.5. The number of likely N-dealkylation sites (tertiary alicyclic amines) is 1. The van der Waals surface area contributed by atoms with Gasteiger partial charge in [-0.1, -0.05) is 0 Å². The fourth-order valence-corrected chi connectivity index (χ4v) is 1.98. The van der Waals surface area contributed by atoms with Crippen molar-refractivity contribution in [2.45, 2.75) is 32.7 Å².